The maximum absolute atomic E-state index is 13.3. The highest BCUT2D eigenvalue weighted by Gasteiger charge is 2.32. The summed E-state index contributed by atoms with van der Waals surface area (Å²) in [5.41, 5.74) is 5.95. The van der Waals surface area contributed by atoms with Crippen LogP contribution in [0.2, 0.25) is 0 Å². The molecule has 0 aliphatic carbocycles. The van der Waals surface area contributed by atoms with E-state index in [1.54, 1.807) is 6.92 Å². The number of benzene rings is 1. The van der Waals surface area contributed by atoms with Crippen LogP contribution in [0.4, 0.5) is 8.78 Å². The molecule has 0 saturated carbocycles. The molecule has 0 fully saturated rings. The highest BCUT2D eigenvalue weighted by atomic mass is 19.1. The van der Waals surface area contributed by atoms with Gasteiger partial charge in [0.2, 0.25) is 11.8 Å². The Balaban J connectivity index is 2.92. The molecule has 0 unspecified atom stereocenters. The minimum atomic E-state index is -0.676. The molecular weight excluding hydrogens is 314 g/mol. The van der Waals surface area contributed by atoms with Crippen LogP contribution in [-0.4, -0.2) is 18.4 Å². The van der Waals surface area contributed by atoms with E-state index >= 15 is 0 Å². The Hall–Kier alpha value is -1.98. The fourth-order valence-electron chi connectivity index (χ4n) is 2.89. The Morgan fingerprint density at radius 1 is 1.12 bits per heavy atom. The van der Waals surface area contributed by atoms with Crippen molar-refractivity contribution in [2.24, 2.45) is 23.5 Å². The molecule has 0 aromatic heterocycles. The molecular formula is C18H26F2N2O2. The molecule has 3 N–H and O–H groups in total. The van der Waals surface area contributed by atoms with Crippen molar-refractivity contribution in [1.82, 2.24) is 5.32 Å². The SMILES string of the molecule is CCNC(=O)[C@H](CC(C)C)[C@H](CCc1cc(F)cc(F)c1)C(N)=O. The molecule has 1 rings (SSSR count). The summed E-state index contributed by atoms with van der Waals surface area (Å²) in [5, 5.41) is 2.74. The monoisotopic (exact) mass is 340 g/mol. The van der Waals surface area contributed by atoms with Gasteiger partial charge in [0.05, 0.1) is 0 Å². The molecule has 2 amide bonds. The molecule has 0 spiro atoms. The van der Waals surface area contributed by atoms with Gasteiger partial charge in [-0.1, -0.05) is 13.8 Å². The maximum atomic E-state index is 13.3. The van der Waals surface area contributed by atoms with E-state index in [0.29, 0.717) is 18.5 Å². The van der Waals surface area contributed by atoms with Crippen molar-refractivity contribution in [3.8, 4) is 0 Å². The number of carbonyl (C=O) groups is 2. The van der Waals surface area contributed by atoms with E-state index in [1.807, 2.05) is 13.8 Å². The summed E-state index contributed by atoms with van der Waals surface area (Å²) in [6.45, 7) is 6.20. The number of nitrogens with one attached hydrogen (secondary N) is 1. The van der Waals surface area contributed by atoms with Crippen LogP contribution in [0.25, 0.3) is 0 Å². The number of halogens is 2. The van der Waals surface area contributed by atoms with E-state index in [9.17, 15) is 18.4 Å². The number of hydrogen-bond acceptors (Lipinski definition) is 2. The lowest BCUT2D eigenvalue weighted by molar-refractivity contribution is -0.134. The largest absolute Gasteiger partial charge is 0.369 e. The van der Waals surface area contributed by atoms with Crippen LogP contribution in [0.5, 0.6) is 0 Å². The highest BCUT2D eigenvalue weighted by Crippen LogP contribution is 2.26. The molecule has 0 heterocycles. The third-order valence-corrected chi connectivity index (χ3v) is 3.93. The summed E-state index contributed by atoms with van der Waals surface area (Å²) in [6.07, 6.45) is 1.07. The molecule has 0 aliphatic rings. The zero-order valence-electron chi connectivity index (χ0n) is 14.4. The maximum Gasteiger partial charge on any atom is 0.223 e. The molecule has 6 heteroatoms. The minimum absolute atomic E-state index is 0.208. The van der Waals surface area contributed by atoms with Gasteiger partial charge in [0, 0.05) is 24.4 Å². The molecule has 24 heavy (non-hydrogen) atoms. The van der Waals surface area contributed by atoms with Crippen molar-refractivity contribution < 1.29 is 18.4 Å². The molecule has 1 aromatic carbocycles. The zero-order valence-corrected chi connectivity index (χ0v) is 14.4. The van der Waals surface area contributed by atoms with Gasteiger partial charge in [0.25, 0.3) is 0 Å². The second-order valence-corrected chi connectivity index (χ2v) is 6.46. The highest BCUT2D eigenvalue weighted by molar-refractivity contribution is 5.86. The average molecular weight is 340 g/mol. The van der Waals surface area contributed by atoms with Crippen molar-refractivity contribution in [2.45, 2.75) is 40.0 Å². The first kappa shape index (κ1) is 20.1. The van der Waals surface area contributed by atoms with Gasteiger partial charge in [0.1, 0.15) is 11.6 Å². The fourth-order valence-corrected chi connectivity index (χ4v) is 2.89. The summed E-state index contributed by atoms with van der Waals surface area (Å²) in [7, 11) is 0. The van der Waals surface area contributed by atoms with Gasteiger partial charge in [-0.2, -0.15) is 0 Å². The Morgan fingerprint density at radius 3 is 2.17 bits per heavy atom. The summed E-state index contributed by atoms with van der Waals surface area (Å²) < 4.78 is 26.5. The molecule has 134 valence electrons. The lowest BCUT2D eigenvalue weighted by atomic mass is 9.81. The number of nitrogens with two attached hydrogens (primary N) is 1. The van der Waals surface area contributed by atoms with Gasteiger partial charge in [-0.05, 0) is 49.8 Å². The zero-order chi connectivity index (χ0) is 18.3. The Kier molecular flexibility index (Phi) is 7.82. The van der Waals surface area contributed by atoms with E-state index in [4.69, 9.17) is 5.73 Å². The standard InChI is InChI=1S/C18H26F2N2O2/c1-4-22-18(24)16(7-11(2)3)15(17(21)23)6-5-12-8-13(19)10-14(20)9-12/h8-11,15-16H,4-7H2,1-3H3,(H2,21,23)(H,22,24)/t15-,16+/m0/s1. The van der Waals surface area contributed by atoms with Crippen LogP contribution in [0.15, 0.2) is 18.2 Å². The van der Waals surface area contributed by atoms with Gasteiger partial charge in [-0.3, -0.25) is 9.59 Å². The predicted octanol–water partition coefficient (Wildman–Crippen LogP) is 2.80. The first-order valence-electron chi connectivity index (χ1n) is 8.26. The molecule has 1 aromatic rings. The van der Waals surface area contributed by atoms with E-state index in [1.165, 1.54) is 12.1 Å². The van der Waals surface area contributed by atoms with E-state index in [0.717, 1.165) is 6.07 Å². The van der Waals surface area contributed by atoms with E-state index in [2.05, 4.69) is 5.32 Å². The third-order valence-electron chi connectivity index (χ3n) is 3.93. The first-order chi connectivity index (χ1) is 11.2. The summed E-state index contributed by atoms with van der Waals surface area (Å²) >= 11 is 0. The van der Waals surface area contributed by atoms with Gasteiger partial charge >= 0.3 is 0 Å². The normalized spacial score (nSPS) is 13.6. The van der Waals surface area contributed by atoms with Crippen molar-refractivity contribution >= 4 is 11.8 Å². The number of carbonyl (C=O) groups excluding carboxylic acids is 2. The lowest BCUT2D eigenvalue weighted by Gasteiger charge is -2.25. The number of hydrogen-bond donors (Lipinski definition) is 2. The molecule has 4 nitrogen and oxygen atoms in total. The van der Waals surface area contributed by atoms with Crippen molar-refractivity contribution in [3.63, 3.8) is 0 Å². The predicted molar refractivity (Wildman–Crippen MR) is 89.0 cm³/mol. The lowest BCUT2D eigenvalue weighted by Crippen LogP contribution is -2.41. The topological polar surface area (TPSA) is 72.2 Å². The third kappa shape index (κ3) is 6.26. The number of aryl methyl sites for hydroxylation is 1. The van der Waals surface area contributed by atoms with Crippen LogP contribution < -0.4 is 11.1 Å². The summed E-state index contributed by atoms with van der Waals surface area (Å²) in [6, 6.07) is 3.25. The summed E-state index contributed by atoms with van der Waals surface area (Å²) in [4.78, 5) is 24.2. The number of amides is 2. The molecule has 2 atom stereocenters. The fraction of sp³-hybridized carbons (Fsp3) is 0.556. The van der Waals surface area contributed by atoms with E-state index in [-0.39, 0.29) is 24.7 Å². The molecule has 0 bridgehead atoms. The average Bonchev–Trinajstić information content (AvgIpc) is 2.44. The van der Waals surface area contributed by atoms with Crippen LogP contribution in [0.1, 0.15) is 39.2 Å². The van der Waals surface area contributed by atoms with Crippen LogP contribution >= 0.6 is 0 Å². The van der Waals surface area contributed by atoms with Crippen molar-refractivity contribution in [3.05, 3.63) is 35.4 Å². The quantitative estimate of drug-likeness (QED) is 0.725. The Labute approximate surface area is 141 Å². The molecule has 0 aliphatic heterocycles. The second-order valence-electron chi connectivity index (χ2n) is 6.46. The van der Waals surface area contributed by atoms with E-state index < -0.39 is 29.4 Å². The summed E-state index contributed by atoms with van der Waals surface area (Å²) in [5.74, 6) is -3.10. The number of primary amides is 1. The molecule has 0 saturated heterocycles. The number of rotatable bonds is 9. The first-order valence-corrected chi connectivity index (χ1v) is 8.26. The minimum Gasteiger partial charge on any atom is -0.369 e. The van der Waals surface area contributed by atoms with Crippen LogP contribution in [0, 0.1) is 29.4 Å². The van der Waals surface area contributed by atoms with Gasteiger partial charge in [-0.15, -0.1) is 0 Å². The van der Waals surface area contributed by atoms with Gasteiger partial charge < -0.3 is 11.1 Å². The second kappa shape index (κ2) is 9.35. The van der Waals surface area contributed by atoms with Gasteiger partial charge in [-0.25, -0.2) is 8.78 Å². The Morgan fingerprint density at radius 2 is 1.71 bits per heavy atom. The van der Waals surface area contributed by atoms with Crippen LogP contribution in [0.3, 0.4) is 0 Å². The smallest absolute Gasteiger partial charge is 0.223 e. The Bertz CT molecular complexity index is 556. The molecule has 0 radical (unpaired) electrons. The van der Waals surface area contributed by atoms with Crippen molar-refractivity contribution in [1.29, 1.82) is 0 Å². The van der Waals surface area contributed by atoms with Crippen LogP contribution in [-0.2, 0) is 16.0 Å². The van der Waals surface area contributed by atoms with Gasteiger partial charge in [0.15, 0.2) is 0 Å². The van der Waals surface area contributed by atoms with Crippen molar-refractivity contribution in [2.75, 3.05) is 6.54 Å².